The van der Waals surface area contributed by atoms with E-state index in [9.17, 15) is 22.8 Å². The van der Waals surface area contributed by atoms with Gasteiger partial charge in [-0.2, -0.15) is 13.2 Å². The number of hydrogen-bond donors (Lipinski definition) is 0. The number of morpholine rings is 1. The molecule has 2 aromatic rings. The number of rotatable bonds is 1. The lowest BCUT2D eigenvalue weighted by Crippen LogP contribution is -2.51. The first-order valence-electron chi connectivity index (χ1n) is 7.35. The van der Waals surface area contributed by atoms with Crippen LogP contribution in [0, 0.1) is 0 Å². The predicted molar refractivity (Wildman–Crippen MR) is 80.9 cm³/mol. The molecule has 1 aromatic heterocycles. The van der Waals surface area contributed by atoms with Gasteiger partial charge in [-0.05, 0) is 6.07 Å². The van der Waals surface area contributed by atoms with Crippen LogP contribution in [0.2, 0.25) is 0 Å². The summed E-state index contributed by atoms with van der Waals surface area (Å²) in [5.41, 5.74) is 0.267. The lowest BCUT2D eigenvalue weighted by atomic mass is 10.1. The number of alkyl halides is 3. The molecule has 128 valence electrons. The number of carbonyl (C=O) groups excluding carboxylic acids is 1. The second-order valence-corrected chi connectivity index (χ2v) is 5.62. The van der Waals surface area contributed by atoms with Gasteiger partial charge >= 0.3 is 6.18 Å². The summed E-state index contributed by atoms with van der Waals surface area (Å²) in [5, 5.41) is 0.527. The topological polar surface area (TPSA) is 51.5 Å². The molecule has 0 radical (unpaired) electrons. The molecule has 1 aliphatic rings. The minimum Gasteiger partial charge on any atom is -0.365 e. The van der Waals surface area contributed by atoms with Crippen LogP contribution in [0.25, 0.3) is 10.9 Å². The molecule has 0 spiro atoms. The van der Waals surface area contributed by atoms with Gasteiger partial charge in [-0.25, -0.2) is 0 Å². The second-order valence-electron chi connectivity index (χ2n) is 5.62. The Hall–Kier alpha value is -2.35. The van der Waals surface area contributed by atoms with Gasteiger partial charge in [0.25, 0.3) is 11.5 Å². The van der Waals surface area contributed by atoms with Gasteiger partial charge in [0.1, 0.15) is 0 Å². The number of aromatic nitrogens is 1. The van der Waals surface area contributed by atoms with Gasteiger partial charge in [-0.1, -0.05) is 18.2 Å². The molecule has 24 heavy (non-hydrogen) atoms. The minimum absolute atomic E-state index is 0.0505. The van der Waals surface area contributed by atoms with Crippen molar-refractivity contribution < 1.29 is 22.7 Å². The number of fused-ring (bicyclic) bond motifs is 1. The van der Waals surface area contributed by atoms with E-state index >= 15 is 0 Å². The fourth-order valence-electron chi connectivity index (χ4n) is 2.79. The quantitative estimate of drug-likeness (QED) is 0.797. The second kappa shape index (κ2) is 5.94. The number of pyridine rings is 1. The van der Waals surface area contributed by atoms with Crippen molar-refractivity contribution in [1.29, 1.82) is 0 Å². The Morgan fingerprint density at radius 1 is 1.29 bits per heavy atom. The van der Waals surface area contributed by atoms with Crippen molar-refractivity contribution >= 4 is 16.8 Å². The molecule has 1 saturated heterocycles. The first kappa shape index (κ1) is 16.5. The molecule has 1 aromatic carbocycles. The third kappa shape index (κ3) is 2.89. The Kier molecular flexibility index (Phi) is 4.08. The molecule has 0 bridgehead atoms. The van der Waals surface area contributed by atoms with E-state index in [2.05, 4.69) is 0 Å². The zero-order valence-corrected chi connectivity index (χ0v) is 12.8. The number of carbonyl (C=O) groups is 1. The zero-order chi connectivity index (χ0) is 17.5. The fraction of sp³-hybridized carbons (Fsp3) is 0.375. The molecule has 0 aliphatic carbocycles. The van der Waals surface area contributed by atoms with Crippen molar-refractivity contribution in [3.05, 3.63) is 46.2 Å². The average molecular weight is 340 g/mol. The maximum absolute atomic E-state index is 12.8. The average Bonchev–Trinajstić information content (AvgIpc) is 2.57. The summed E-state index contributed by atoms with van der Waals surface area (Å²) in [6, 6.07) is 7.96. The van der Waals surface area contributed by atoms with Crippen LogP contribution in [0.4, 0.5) is 13.2 Å². The fourth-order valence-corrected chi connectivity index (χ4v) is 2.79. The van der Waals surface area contributed by atoms with Crippen molar-refractivity contribution in [2.24, 2.45) is 7.05 Å². The number of para-hydroxylation sites is 1. The molecule has 0 N–H and O–H groups in total. The number of benzene rings is 1. The molecule has 1 unspecified atom stereocenters. The predicted octanol–water partition coefficient (Wildman–Crippen LogP) is 1.94. The van der Waals surface area contributed by atoms with E-state index in [4.69, 9.17) is 4.74 Å². The summed E-state index contributed by atoms with van der Waals surface area (Å²) in [5.74, 6) is -0.596. The van der Waals surface area contributed by atoms with Gasteiger partial charge in [0.05, 0.1) is 24.2 Å². The van der Waals surface area contributed by atoms with Crippen molar-refractivity contribution in [1.82, 2.24) is 9.47 Å². The van der Waals surface area contributed by atoms with Gasteiger partial charge in [0.2, 0.25) is 0 Å². The number of halogens is 3. The molecule has 1 atom stereocenters. The van der Waals surface area contributed by atoms with Crippen molar-refractivity contribution in [3.63, 3.8) is 0 Å². The molecular weight excluding hydrogens is 325 g/mol. The molecular formula is C16H15F3N2O3. The Labute approximate surface area is 135 Å². The van der Waals surface area contributed by atoms with Crippen LogP contribution in [-0.4, -0.2) is 47.4 Å². The van der Waals surface area contributed by atoms with E-state index in [-0.39, 0.29) is 18.7 Å². The van der Waals surface area contributed by atoms with Crippen LogP contribution in [-0.2, 0) is 11.8 Å². The molecule has 5 nitrogen and oxygen atoms in total. The SMILES string of the molecule is Cn1c(=O)cc(C(=O)N2CCOC(C(F)(F)F)C2)c2ccccc21. The summed E-state index contributed by atoms with van der Waals surface area (Å²) in [4.78, 5) is 25.8. The van der Waals surface area contributed by atoms with Crippen molar-refractivity contribution in [2.75, 3.05) is 19.7 Å². The number of nitrogens with zero attached hydrogens (tertiary/aromatic N) is 2. The molecule has 8 heteroatoms. The van der Waals surface area contributed by atoms with Crippen LogP contribution in [0.5, 0.6) is 0 Å². The third-order valence-electron chi connectivity index (χ3n) is 4.10. The molecule has 0 saturated carbocycles. The molecule has 3 rings (SSSR count). The third-order valence-corrected chi connectivity index (χ3v) is 4.10. The first-order valence-corrected chi connectivity index (χ1v) is 7.35. The van der Waals surface area contributed by atoms with Gasteiger partial charge < -0.3 is 14.2 Å². The normalized spacial score (nSPS) is 18.8. The number of hydrogen-bond acceptors (Lipinski definition) is 3. The summed E-state index contributed by atoms with van der Waals surface area (Å²) in [7, 11) is 1.58. The number of ether oxygens (including phenoxy) is 1. The summed E-state index contributed by atoms with van der Waals surface area (Å²) in [6.07, 6.45) is -6.54. The highest BCUT2D eigenvalue weighted by molar-refractivity contribution is 6.06. The van der Waals surface area contributed by atoms with E-state index in [0.717, 1.165) is 4.90 Å². The Morgan fingerprint density at radius 3 is 2.71 bits per heavy atom. The maximum atomic E-state index is 12.8. The van der Waals surface area contributed by atoms with Crippen LogP contribution >= 0.6 is 0 Å². The monoisotopic (exact) mass is 340 g/mol. The lowest BCUT2D eigenvalue weighted by Gasteiger charge is -2.34. The van der Waals surface area contributed by atoms with Crippen LogP contribution in [0.3, 0.4) is 0 Å². The van der Waals surface area contributed by atoms with Gasteiger partial charge in [0, 0.05) is 25.0 Å². The van der Waals surface area contributed by atoms with E-state index < -0.39 is 30.3 Å². The smallest absolute Gasteiger partial charge is 0.365 e. The summed E-state index contributed by atoms with van der Waals surface area (Å²) < 4.78 is 44.6. The highest BCUT2D eigenvalue weighted by atomic mass is 19.4. The standard InChI is InChI=1S/C16H15F3N2O3/c1-20-12-5-3-2-4-10(12)11(8-14(20)22)15(23)21-6-7-24-13(9-21)16(17,18)19/h2-5,8,13H,6-7,9H2,1H3. The largest absolute Gasteiger partial charge is 0.416 e. The summed E-state index contributed by atoms with van der Waals surface area (Å²) in [6.45, 7) is -0.723. The van der Waals surface area contributed by atoms with Crippen LogP contribution < -0.4 is 5.56 Å². The molecule has 2 heterocycles. The van der Waals surface area contributed by atoms with Gasteiger partial charge in [-0.15, -0.1) is 0 Å². The first-order chi connectivity index (χ1) is 11.3. The van der Waals surface area contributed by atoms with Gasteiger partial charge in [0.15, 0.2) is 6.10 Å². The van der Waals surface area contributed by atoms with E-state index in [0.29, 0.717) is 10.9 Å². The lowest BCUT2D eigenvalue weighted by molar-refractivity contribution is -0.233. The highest BCUT2D eigenvalue weighted by Crippen LogP contribution is 2.27. The Balaban J connectivity index is 2.00. The van der Waals surface area contributed by atoms with Crippen LogP contribution in [0.1, 0.15) is 10.4 Å². The van der Waals surface area contributed by atoms with Crippen LogP contribution in [0.15, 0.2) is 35.1 Å². The highest BCUT2D eigenvalue weighted by Gasteiger charge is 2.44. The van der Waals surface area contributed by atoms with Crippen molar-refractivity contribution in [3.8, 4) is 0 Å². The molecule has 1 aliphatic heterocycles. The zero-order valence-electron chi connectivity index (χ0n) is 12.8. The van der Waals surface area contributed by atoms with E-state index in [1.54, 1.807) is 31.3 Å². The van der Waals surface area contributed by atoms with E-state index in [1.807, 2.05) is 0 Å². The van der Waals surface area contributed by atoms with E-state index in [1.165, 1.54) is 10.6 Å². The van der Waals surface area contributed by atoms with Crippen molar-refractivity contribution in [2.45, 2.75) is 12.3 Å². The number of amides is 1. The van der Waals surface area contributed by atoms with Gasteiger partial charge in [-0.3, -0.25) is 9.59 Å². The molecule has 1 amide bonds. The minimum atomic E-state index is -4.53. The maximum Gasteiger partial charge on any atom is 0.416 e. The summed E-state index contributed by atoms with van der Waals surface area (Å²) >= 11 is 0. The molecule has 1 fully saturated rings. The number of aryl methyl sites for hydroxylation is 1. The Bertz CT molecular complexity index is 845. The Morgan fingerprint density at radius 2 is 2.00 bits per heavy atom.